The van der Waals surface area contributed by atoms with Crippen molar-refractivity contribution in [1.82, 2.24) is 4.90 Å². The Morgan fingerprint density at radius 2 is 2.00 bits per heavy atom. The predicted molar refractivity (Wildman–Crippen MR) is 70.2 cm³/mol. The minimum Gasteiger partial charge on any atom is -0.342 e. The highest BCUT2D eigenvalue weighted by atomic mass is 32.2. The molecule has 2 atom stereocenters. The van der Waals surface area contributed by atoms with Gasteiger partial charge in [-0.3, -0.25) is 9.00 Å². The van der Waals surface area contributed by atoms with Crippen LogP contribution in [0.1, 0.15) is 20.8 Å². The average molecular weight is 271 g/mol. The number of rotatable bonds is 5. The molecule has 1 aromatic carbocycles. The van der Waals surface area contributed by atoms with Gasteiger partial charge < -0.3 is 4.90 Å². The van der Waals surface area contributed by atoms with Crippen LogP contribution in [-0.4, -0.2) is 33.4 Å². The number of hydrogen-bond donors (Lipinski definition) is 0. The monoisotopic (exact) mass is 271 g/mol. The molecule has 0 heterocycles. The largest absolute Gasteiger partial charge is 0.342 e. The van der Waals surface area contributed by atoms with Crippen LogP contribution in [0.5, 0.6) is 0 Å². The van der Waals surface area contributed by atoms with Gasteiger partial charge in [-0.25, -0.2) is 4.39 Å². The van der Waals surface area contributed by atoms with Gasteiger partial charge in [0.05, 0.1) is 10.8 Å². The van der Waals surface area contributed by atoms with Crippen molar-refractivity contribution in [2.75, 3.05) is 13.1 Å². The number of hydrogen-bond acceptors (Lipinski definition) is 2. The molecule has 5 heteroatoms. The first kappa shape index (κ1) is 14.8. The Balaban J connectivity index is 2.87. The smallest absolute Gasteiger partial charge is 0.238 e. The van der Waals surface area contributed by atoms with Gasteiger partial charge in [0.25, 0.3) is 0 Å². The molecule has 0 N–H and O–H groups in total. The first-order valence-electron chi connectivity index (χ1n) is 5.96. The lowest BCUT2D eigenvalue weighted by Gasteiger charge is -2.22. The Bertz CT molecular complexity index is 446. The van der Waals surface area contributed by atoms with Crippen molar-refractivity contribution < 1.29 is 13.4 Å². The normalized spacial score (nSPS) is 14.0. The van der Waals surface area contributed by atoms with Crippen molar-refractivity contribution in [2.45, 2.75) is 30.9 Å². The maximum absolute atomic E-state index is 13.1. The fourth-order valence-electron chi connectivity index (χ4n) is 1.68. The third kappa shape index (κ3) is 3.38. The second kappa shape index (κ2) is 6.64. The minimum absolute atomic E-state index is 0.164. The van der Waals surface area contributed by atoms with Gasteiger partial charge in [-0.2, -0.15) is 0 Å². The van der Waals surface area contributed by atoms with Crippen LogP contribution >= 0.6 is 0 Å². The van der Waals surface area contributed by atoms with Crippen molar-refractivity contribution in [1.29, 1.82) is 0 Å². The maximum Gasteiger partial charge on any atom is 0.238 e. The predicted octanol–water partition coefficient (Wildman–Crippen LogP) is 2.19. The van der Waals surface area contributed by atoms with Crippen LogP contribution in [0.3, 0.4) is 0 Å². The second-order valence-electron chi connectivity index (χ2n) is 3.91. The van der Waals surface area contributed by atoms with Crippen LogP contribution in [0.2, 0.25) is 0 Å². The number of carbonyl (C=O) groups excluding carboxylic acids is 1. The topological polar surface area (TPSA) is 37.4 Å². The van der Waals surface area contributed by atoms with Crippen molar-refractivity contribution in [2.24, 2.45) is 0 Å². The summed E-state index contributed by atoms with van der Waals surface area (Å²) < 4.78 is 25.2. The zero-order valence-electron chi connectivity index (χ0n) is 10.9. The highest BCUT2D eigenvalue weighted by molar-refractivity contribution is 7.86. The van der Waals surface area contributed by atoms with E-state index in [-0.39, 0.29) is 5.91 Å². The molecule has 0 saturated carbocycles. The van der Waals surface area contributed by atoms with Crippen LogP contribution in [0.15, 0.2) is 29.2 Å². The molecule has 0 aromatic heterocycles. The Kier molecular flexibility index (Phi) is 5.47. The van der Waals surface area contributed by atoms with Crippen molar-refractivity contribution in [3.05, 3.63) is 30.1 Å². The summed E-state index contributed by atoms with van der Waals surface area (Å²) in [6.45, 7) is 6.53. The molecule has 2 unspecified atom stereocenters. The molecule has 0 fully saturated rings. The number of benzene rings is 1. The molecule has 0 radical (unpaired) electrons. The molecule has 1 amide bonds. The SMILES string of the molecule is CCN(CC)C(=O)C(C)S(=O)c1cccc(F)c1. The van der Waals surface area contributed by atoms with Gasteiger partial charge in [0.2, 0.25) is 5.91 Å². The first-order chi connectivity index (χ1) is 8.51. The molecule has 100 valence electrons. The third-order valence-electron chi connectivity index (χ3n) is 2.77. The van der Waals surface area contributed by atoms with Crippen molar-refractivity contribution >= 4 is 16.7 Å². The lowest BCUT2D eigenvalue weighted by Crippen LogP contribution is -2.39. The van der Waals surface area contributed by atoms with Crippen molar-refractivity contribution in [3.8, 4) is 0 Å². The van der Waals surface area contributed by atoms with Gasteiger partial charge in [0.15, 0.2) is 0 Å². The molecular formula is C13H18FNO2S. The van der Waals surface area contributed by atoms with Crippen LogP contribution in [0.4, 0.5) is 4.39 Å². The van der Waals surface area contributed by atoms with E-state index < -0.39 is 21.9 Å². The van der Waals surface area contributed by atoms with Gasteiger partial charge in [-0.15, -0.1) is 0 Å². The van der Waals surface area contributed by atoms with E-state index in [0.29, 0.717) is 18.0 Å². The highest BCUT2D eigenvalue weighted by Crippen LogP contribution is 2.14. The second-order valence-corrected chi connectivity index (χ2v) is 5.68. The fourth-order valence-corrected chi connectivity index (χ4v) is 2.86. The Hall–Kier alpha value is -1.23. The minimum atomic E-state index is -1.52. The van der Waals surface area contributed by atoms with E-state index >= 15 is 0 Å². The van der Waals surface area contributed by atoms with E-state index in [1.807, 2.05) is 13.8 Å². The molecule has 0 aliphatic heterocycles. The van der Waals surface area contributed by atoms with Gasteiger partial charge in [-0.05, 0) is 39.0 Å². The summed E-state index contributed by atoms with van der Waals surface area (Å²) in [4.78, 5) is 14.0. The van der Waals surface area contributed by atoms with E-state index in [1.165, 1.54) is 18.2 Å². The van der Waals surface area contributed by atoms with Gasteiger partial charge in [-0.1, -0.05) is 6.07 Å². The number of halogens is 1. The highest BCUT2D eigenvalue weighted by Gasteiger charge is 2.25. The van der Waals surface area contributed by atoms with Crippen LogP contribution in [0, 0.1) is 5.82 Å². The molecule has 0 spiro atoms. The zero-order valence-corrected chi connectivity index (χ0v) is 11.7. The fraction of sp³-hybridized carbons (Fsp3) is 0.462. The van der Waals surface area contributed by atoms with E-state index in [9.17, 15) is 13.4 Å². The lowest BCUT2D eigenvalue weighted by atomic mass is 10.3. The van der Waals surface area contributed by atoms with Crippen LogP contribution in [-0.2, 0) is 15.6 Å². The Morgan fingerprint density at radius 3 is 2.50 bits per heavy atom. The van der Waals surface area contributed by atoms with Crippen molar-refractivity contribution in [3.63, 3.8) is 0 Å². The summed E-state index contributed by atoms with van der Waals surface area (Å²) in [5.41, 5.74) is 0. The summed E-state index contributed by atoms with van der Waals surface area (Å²) in [5.74, 6) is -0.606. The van der Waals surface area contributed by atoms with Gasteiger partial charge in [0, 0.05) is 18.0 Å². The average Bonchev–Trinajstić information content (AvgIpc) is 2.38. The molecule has 1 aromatic rings. The molecule has 0 aliphatic rings. The van der Waals surface area contributed by atoms with Crippen LogP contribution in [0.25, 0.3) is 0 Å². The number of carbonyl (C=O) groups is 1. The Morgan fingerprint density at radius 1 is 1.39 bits per heavy atom. The van der Waals surface area contributed by atoms with E-state index in [0.717, 1.165) is 0 Å². The first-order valence-corrected chi connectivity index (χ1v) is 7.17. The quantitative estimate of drug-likeness (QED) is 0.823. The van der Waals surface area contributed by atoms with Gasteiger partial charge >= 0.3 is 0 Å². The summed E-state index contributed by atoms with van der Waals surface area (Å²) in [7, 11) is -1.52. The van der Waals surface area contributed by atoms with E-state index in [1.54, 1.807) is 17.9 Å². The van der Waals surface area contributed by atoms with Crippen LogP contribution < -0.4 is 0 Å². The summed E-state index contributed by atoms with van der Waals surface area (Å²) in [6.07, 6.45) is 0. The lowest BCUT2D eigenvalue weighted by molar-refractivity contribution is -0.129. The molecule has 1 rings (SSSR count). The van der Waals surface area contributed by atoms with E-state index in [2.05, 4.69) is 0 Å². The number of amides is 1. The summed E-state index contributed by atoms with van der Waals surface area (Å²) in [6, 6.07) is 5.57. The molecule has 0 saturated heterocycles. The maximum atomic E-state index is 13.1. The Labute approximate surface area is 109 Å². The molecular weight excluding hydrogens is 253 g/mol. The molecule has 0 aliphatic carbocycles. The zero-order chi connectivity index (χ0) is 13.7. The molecule has 0 bridgehead atoms. The van der Waals surface area contributed by atoms with E-state index in [4.69, 9.17) is 0 Å². The van der Waals surface area contributed by atoms with Gasteiger partial charge in [0.1, 0.15) is 11.1 Å². The summed E-state index contributed by atoms with van der Waals surface area (Å²) >= 11 is 0. The molecule has 18 heavy (non-hydrogen) atoms. The molecule has 3 nitrogen and oxygen atoms in total. The third-order valence-corrected chi connectivity index (χ3v) is 4.33. The standard InChI is InChI=1S/C13H18FNO2S/c1-4-15(5-2)13(16)10(3)18(17)12-8-6-7-11(14)9-12/h6-10H,4-5H2,1-3H3. The summed E-state index contributed by atoms with van der Waals surface area (Å²) in [5, 5.41) is -0.660. The number of nitrogens with zero attached hydrogens (tertiary/aromatic N) is 1.